The van der Waals surface area contributed by atoms with Crippen LogP contribution in [-0.2, 0) is 6.54 Å². The largest absolute Gasteiger partial charge is 0.415 e. The van der Waals surface area contributed by atoms with Gasteiger partial charge in [-0.15, -0.1) is 10.2 Å². The highest BCUT2D eigenvalue weighted by molar-refractivity contribution is 5.53. The minimum atomic E-state index is 0.605. The summed E-state index contributed by atoms with van der Waals surface area (Å²) in [6.07, 6.45) is 0. The SMILES string of the molecule is Cc1ccccc1N1CC[NH+](Cc2nnc(-c3ccccc3)o2)CC1. The third-order valence-corrected chi connectivity index (χ3v) is 4.82. The number of aryl methyl sites for hydroxylation is 1. The molecular weight excluding hydrogens is 312 g/mol. The first-order valence-corrected chi connectivity index (χ1v) is 8.81. The summed E-state index contributed by atoms with van der Waals surface area (Å²) in [7, 11) is 0. The summed E-state index contributed by atoms with van der Waals surface area (Å²) in [6, 6.07) is 18.5. The zero-order valence-corrected chi connectivity index (χ0v) is 14.5. The highest BCUT2D eigenvalue weighted by atomic mass is 16.4. The van der Waals surface area contributed by atoms with Crippen LogP contribution in [0.15, 0.2) is 59.0 Å². The van der Waals surface area contributed by atoms with E-state index in [0.29, 0.717) is 5.89 Å². The van der Waals surface area contributed by atoms with Crippen molar-refractivity contribution in [2.24, 2.45) is 0 Å². The van der Waals surface area contributed by atoms with Gasteiger partial charge < -0.3 is 14.2 Å². The second-order valence-electron chi connectivity index (χ2n) is 6.57. The van der Waals surface area contributed by atoms with Crippen molar-refractivity contribution in [2.45, 2.75) is 13.5 Å². The van der Waals surface area contributed by atoms with Gasteiger partial charge in [0.1, 0.15) is 0 Å². The number of quaternary nitrogens is 1. The molecule has 0 saturated carbocycles. The van der Waals surface area contributed by atoms with Crippen molar-refractivity contribution in [2.75, 3.05) is 31.1 Å². The molecule has 0 radical (unpaired) electrons. The van der Waals surface area contributed by atoms with Gasteiger partial charge >= 0.3 is 0 Å². The fourth-order valence-corrected chi connectivity index (χ4v) is 3.40. The maximum Gasteiger partial charge on any atom is 0.271 e. The average Bonchev–Trinajstić information content (AvgIpc) is 3.12. The van der Waals surface area contributed by atoms with Crippen LogP contribution in [0.2, 0.25) is 0 Å². The molecule has 0 bridgehead atoms. The van der Waals surface area contributed by atoms with Crippen LogP contribution in [0.5, 0.6) is 0 Å². The van der Waals surface area contributed by atoms with Crippen LogP contribution in [0.25, 0.3) is 11.5 Å². The lowest BCUT2D eigenvalue weighted by atomic mass is 10.1. The van der Waals surface area contributed by atoms with Gasteiger partial charge in [0.05, 0.1) is 26.2 Å². The molecule has 1 aromatic heterocycles. The summed E-state index contributed by atoms with van der Waals surface area (Å²) in [5, 5.41) is 8.41. The van der Waals surface area contributed by atoms with Gasteiger partial charge in [0.25, 0.3) is 5.89 Å². The molecule has 25 heavy (non-hydrogen) atoms. The van der Waals surface area contributed by atoms with E-state index in [0.717, 1.165) is 44.2 Å². The molecule has 3 aromatic rings. The Morgan fingerprint density at radius 2 is 1.68 bits per heavy atom. The number of nitrogens with zero attached hydrogens (tertiary/aromatic N) is 3. The van der Waals surface area contributed by atoms with E-state index in [2.05, 4.69) is 46.3 Å². The molecule has 1 N–H and O–H groups in total. The maximum absolute atomic E-state index is 5.85. The third kappa shape index (κ3) is 3.56. The predicted octanol–water partition coefficient (Wildman–Crippen LogP) is 1.95. The molecule has 0 unspecified atom stereocenters. The minimum Gasteiger partial charge on any atom is -0.415 e. The van der Waals surface area contributed by atoms with E-state index in [1.165, 1.54) is 16.2 Å². The highest BCUT2D eigenvalue weighted by Crippen LogP contribution is 2.19. The quantitative estimate of drug-likeness (QED) is 0.792. The van der Waals surface area contributed by atoms with Gasteiger partial charge in [-0.3, -0.25) is 0 Å². The van der Waals surface area contributed by atoms with Crippen molar-refractivity contribution in [1.82, 2.24) is 10.2 Å². The van der Waals surface area contributed by atoms with Gasteiger partial charge in [-0.1, -0.05) is 36.4 Å². The fraction of sp³-hybridized carbons (Fsp3) is 0.300. The molecule has 2 aromatic carbocycles. The minimum absolute atomic E-state index is 0.605. The van der Waals surface area contributed by atoms with Gasteiger partial charge in [-0.05, 0) is 30.7 Å². The number of benzene rings is 2. The Hall–Kier alpha value is -2.66. The monoisotopic (exact) mass is 335 g/mol. The van der Waals surface area contributed by atoms with Gasteiger partial charge in [0.2, 0.25) is 5.89 Å². The molecule has 5 nitrogen and oxygen atoms in total. The normalized spacial score (nSPS) is 15.5. The molecule has 0 spiro atoms. The van der Waals surface area contributed by atoms with Crippen molar-refractivity contribution in [3.63, 3.8) is 0 Å². The molecule has 5 heteroatoms. The lowest BCUT2D eigenvalue weighted by molar-refractivity contribution is -0.915. The van der Waals surface area contributed by atoms with Crippen molar-refractivity contribution in [3.05, 3.63) is 66.1 Å². The number of anilines is 1. The van der Waals surface area contributed by atoms with Gasteiger partial charge in [0.15, 0.2) is 6.54 Å². The molecule has 0 atom stereocenters. The van der Waals surface area contributed by atoms with Crippen molar-refractivity contribution in [1.29, 1.82) is 0 Å². The molecule has 0 amide bonds. The standard InChI is InChI=1S/C20H22N4O/c1-16-7-5-6-10-18(16)24-13-11-23(12-14-24)15-19-21-22-20(25-19)17-8-3-2-4-9-17/h2-10H,11-15H2,1H3/p+1. The van der Waals surface area contributed by atoms with E-state index in [-0.39, 0.29) is 0 Å². The van der Waals surface area contributed by atoms with Crippen molar-refractivity contribution >= 4 is 5.69 Å². The molecule has 0 aliphatic carbocycles. The van der Waals surface area contributed by atoms with Crippen molar-refractivity contribution in [3.8, 4) is 11.5 Å². The van der Waals surface area contributed by atoms with Crippen LogP contribution in [0, 0.1) is 6.92 Å². The Balaban J connectivity index is 1.36. The lowest BCUT2D eigenvalue weighted by Gasteiger charge is -2.33. The van der Waals surface area contributed by atoms with E-state index < -0.39 is 0 Å². The molecule has 1 aliphatic heterocycles. The van der Waals surface area contributed by atoms with Crippen LogP contribution in [0.1, 0.15) is 11.5 Å². The average molecular weight is 335 g/mol. The molecule has 2 heterocycles. The molecule has 1 fully saturated rings. The number of piperazine rings is 1. The number of aromatic nitrogens is 2. The Morgan fingerprint density at radius 1 is 0.960 bits per heavy atom. The zero-order chi connectivity index (χ0) is 17.1. The van der Waals surface area contributed by atoms with E-state index in [1.807, 2.05) is 30.3 Å². The number of hydrogen-bond donors (Lipinski definition) is 1. The lowest BCUT2D eigenvalue weighted by Crippen LogP contribution is -3.13. The molecular formula is C20H23N4O+. The van der Waals surface area contributed by atoms with E-state index >= 15 is 0 Å². The summed E-state index contributed by atoms with van der Waals surface area (Å²) >= 11 is 0. The molecule has 128 valence electrons. The van der Waals surface area contributed by atoms with Crippen LogP contribution in [-0.4, -0.2) is 36.4 Å². The Kier molecular flexibility index (Phi) is 4.48. The topological polar surface area (TPSA) is 46.6 Å². The van der Waals surface area contributed by atoms with Crippen LogP contribution < -0.4 is 9.80 Å². The first-order chi connectivity index (χ1) is 12.3. The van der Waals surface area contributed by atoms with E-state index in [4.69, 9.17) is 4.42 Å². The van der Waals surface area contributed by atoms with Gasteiger partial charge in [-0.2, -0.15) is 0 Å². The summed E-state index contributed by atoms with van der Waals surface area (Å²) in [5.74, 6) is 1.33. The summed E-state index contributed by atoms with van der Waals surface area (Å²) in [6.45, 7) is 7.24. The first kappa shape index (κ1) is 15.8. The number of rotatable bonds is 4. The number of hydrogen-bond acceptors (Lipinski definition) is 4. The van der Waals surface area contributed by atoms with Crippen LogP contribution in [0.3, 0.4) is 0 Å². The van der Waals surface area contributed by atoms with E-state index in [1.54, 1.807) is 0 Å². The molecule has 1 aliphatic rings. The second kappa shape index (κ2) is 7.07. The predicted molar refractivity (Wildman–Crippen MR) is 97.5 cm³/mol. The van der Waals surface area contributed by atoms with Gasteiger partial charge in [-0.25, -0.2) is 0 Å². The van der Waals surface area contributed by atoms with E-state index in [9.17, 15) is 0 Å². The highest BCUT2D eigenvalue weighted by Gasteiger charge is 2.23. The molecule has 4 rings (SSSR count). The second-order valence-corrected chi connectivity index (χ2v) is 6.57. The van der Waals surface area contributed by atoms with Crippen molar-refractivity contribution < 1.29 is 9.32 Å². The number of nitrogens with one attached hydrogen (secondary N) is 1. The third-order valence-electron chi connectivity index (χ3n) is 4.82. The maximum atomic E-state index is 5.85. The summed E-state index contributed by atoms with van der Waals surface area (Å²) in [5.41, 5.74) is 3.67. The first-order valence-electron chi connectivity index (χ1n) is 8.81. The van der Waals surface area contributed by atoms with Gasteiger partial charge in [0, 0.05) is 11.3 Å². The molecule has 1 saturated heterocycles. The van der Waals surface area contributed by atoms with Crippen LogP contribution >= 0.6 is 0 Å². The fourth-order valence-electron chi connectivity index (χ4n) is 3.40. The zero-order valence-electron chi connectivity index (χ0n) is 14.5. The number of para-hydroxylation sites is 1. The smallest absolute Gasteiger partial charge is 0.271 e. The van der Waals surface area contributed by atoms with Crippen LogP contribution in [0.4, 0.5) is 5.69 Å². The Labute approximate surface area is 147 Å². The Morgan fingerprint density at radius 3 is 2.44 bits per heavy atom. The summed E-state index contributed by atoms with van der Waals surface area (Å²) < 4.78 is 5.85. The summed E-state index contributed by atoms with van der Waals surface area (Å²) in [4.78, 5) is 3.97. The Bertz CT molecular complexity index is 822.